The summed E-state index contributed by atoms with van der Waals surface area (Å²) in [6.07, 6.45) is 9.21. The molecule has 0 saturated heterocycles. The lowest BCUT2D eigenvalue weighted by Crippen LogP contribution is -2.00. The molecule has 8 heteroatoms. The van der Waals surface area contributed by atoms with Crippen molar-refractivity contribution in [1.82, 2.24) is 24.7 Å². The molecule has 174 valence electrons. The Labute approximate surface area is 198 Å². The highest BCUT2D eigenvalue weighted by Gasteiger charge is 2.13. The molecular weight excluding hydrogens is 441 g/mol. The molecule has 0 radical (unpaired) electrons. The number of aromatic nitrogens is 5. The van der Waals surface area contributed by atoms with Gasteiger partial charge in [0.05, 0.1) is 23.7 Å². The first-order chi connectivity index (χ1) is 15.8. The van der Waals surface area contributed by atoms with Crippen molar-refractivity contribution >= 4 is 22.8 Å². The first-order valence-electron chi connectivity index (χ1n) is 10.9. The van der Waals surface area contributed by atoms with Gasteiger partial charge in [0.1, 0.15) is 11.3 Å². The Balaban J connectivity index is 0.000000205. The van der Waals surface area contributed by atoms with E-state index in [0.29, 0.717) is 27.3 Å². The lowest BCUT2D eigenvalue weighted by molar-refractivity contribution is 0.0935. The largest absolute Gasteiger partial charge is 0.377 e. The van der Waals surface area contributed by atoms with Gasteiger partial charge in [-0.25, -0.2) is 19.3 Å². The highest BCUT2D eigenvalue weighted by molar-refractivity contribution is 6.30. The number of fused-ring (bicyclic) bond motifs is 1. The number of pyridine rings is 1. The lowest BCUT2D eigenvalue weighted by Gasteiger charge is -2.12. The number of nitrogens with zero attached hydrogens (tertiary/aromatic N) is 5. The van der Waals surface area contributed by atoms with Gasteiger partial charge in [-0.05, 0) is 44.5 Å². The molecular formula is C25H29ClFN5O. The third-order valence-electron chi connectivity index (χ3n) is 5.40. The fourth-order valence-corrected chi connectivity index (χ4v) is 3.62. The second-order valence-corrected chi connectivity index (χ2v) is 8.30. The second kappa shape index (κ2) is 11.3. The number of hydrogen-bond donors (Lipinski definition) is 0. The minimum Gasteiger partial charge on any atom is -0.377 e. The van der Waals surface area contributed by atoms with E-state index in [4.69, 9.17) is 16.3 Å². The maximum atomic E-state index is 14.1. The standard InChI is InChI=1S/C15H11ClFN3.C10H18N2O/c1-8-9(2)20-15-14(19-8)12(5-6-18-15)11-4-3-10(16)7-13(11)17;1-4-5-6-10(13-3)9-7-11-12(2)8-9/h3-7H,1-2H3;7-8,10H,4-6H2,1-3H3. The van der Waals surface area contributed by atoms with E-state index in [2.05, 4.69) is 27.0 Å². The normalized spacial score (nSPS) is 11.8. The number of methoxy groups -OCH3 is 1. The molecule has 0 spiro atoms. The van der Waals surface area contributed by atoms with Gasteiger partial charge in [-0.2, -0.15) is 5.10 Å². The van der Waals surface area contributed by atoms with E-state index in [1.165, 1.54) is 24.5 Å². The van der Waals surface area contributed by atoms with Crippen LogP contribution in [0.4, 0.5) is 4.39 Å². The van der Waals surface area contributed by atoms with Gasteiger partial charge in [0.2, 0.25) is 0 Å². The van der Waals surface area contributed by atoms with Crippen LogP contribution in [0.25, 0.3) is 22.3 Å². The van der Waals surface area contributed by atoms with Gasteiger partial charge in [0, 0.05) is 48.3 Å². The molecule has 1 atom stereocenters. The summed E-state index contributed by atoms with van der Waals surface area (Å²) in [5, 5.41) is 4.49. The van der Waals surface area contributed by atoms with Crippen LogP contribution in [0.5, 0.6) is 0 Å². The van der Waals surface area contributed by atoms with E-state index >= 15 is 0 Å². The predicted molar refractivity (Wildman–Crippen MR) is 130 cm³/mol. The third kappa shape index (κ3) is 6.12. The summed E-state index contributed by atoms with van der Waals surface area (Å²) in [6, 6.07) is 6.32. The zero-order chi connectivity index (χ0) is 24.0. The lowest BCUT2D eigenvalue weighted by atomic mass is 10.1. The molecule has 0 aliphatic heterocycles. The summed E-state index contributed by atoms with van der Waals surface area (Å²) in [5.41, 5.74) is 5.02. The summed E-state index contributed by atoms with van der Waals surface area (Å²) < 4.78 is 21.3. The molecule has 1 aromatic carbocycles. The van der Waals surface area contributed by atoms with Crippen molar-refractivity contribution in [2.24, 2.45) is 7.05 Å². The van der Waals surface area contributed by atoms with Crippen LogP contribution in [-0.4, -0.2) is 31.8 Å². The van der Waals surface area contributed by atoms with Crippen molar-refractivity contribution in [2.45, 2.75) is 46.1 Å². The van der Waals surface area contributed by atoms with Gasteiger partial charge in [-0.1, -0.05) is 31.4 Å². The number of aryl methyl sites for hydroxylation is 3. The summed E-state index contributed by atoms with van der Waals surface area (Å²) in [6.45, 7) is 5.94. The fraction of sp³-hybridized carbons (Fsp3) is 0.360. The van der Waals surface area contributed by atoms with E-state index < -0.39 is 0 Å². The molecule has 1 unspecified atom stereocenters. The molecule has 0 N–H and O–H groups in total. The zero-order valence-electron chi connectivity index (χ0n) is 19.6. The maximum absolute atomic E-state index is 14.1. The molecule has 6 nitrogen and oxygen atoms in total. The van der Waals surface area contributed by atoms with Gasteiger partial charge in [-0.15, -0.1) is 0 Å². The van der Waals surface area contributed by atoms with Crippen molar-refractivity contribution in [3.63, 3.8) is 0 Å². The average molecular weight is 470 g/mol. The Kier molecular flexibility index (Phi) is 8.47. The van der Waals surface area contributed by atoms with E-state index in [0.717, 1.165) is 17.8 Å². The quantitative estimate of drug-likeness (QED) is 0.327. The minimum absolute atomic E-state index is 0.216. The average Bonchev–Trinajstić information content (AvgIpc) is 3.22. The molecule has 0 aliphatic rings. The van der Waals surface area contributed by atoms with Crippen LogP contribution < -0.4 is 0 Å². The molecule has 0 saturated carbocycles. The number of benzene rings is 1. The van der Waals surface area contributed by atoms with E-state index in [-0.39, 0.29) is 11.9 Å². The Morgan fingerprint density at radius 1 is 1.12 bits per heavy atom. The van der Waals surface area contributed by atoms with Gasteiger partial charge in [-0.3, -0.25) is 4.68 Å². The molecule has 3 heterocycles. The number of ether oxygens (including phenoxy) is 1. The van der Waals surface area contributed by atoms with Crippen molar-refractivity contribution in [3.8, 4) is 11.1 Å². The van der Waals surface area contributed by atoms with Crippen LogP contribution in [-0.2, 0) is 11.8 Å². The molecule has 33 heavy (non-hydrogen) atoms. The van der Waals surface area contributed by atoms with Crippen LogP contribution in [0.1, 0.15) is 49.2 Å². The molecule has 0 amide bonds. The molecule has 0 bridgehead atoms. The minimum atomic E-state index is -0.384. The van der Waals surface area contributed by atoms with Crippen molar-refractivity contribution < 1.29 is 9.13 Å². The van der Waals surface area contributed by atoms with Gasteiger partial charge < -0.3 is 4.74 Å². The Hall–Kier alpha value is -2.90. The van der Waals surface area contributed by atoms with Crippen molar-refractivity contribution in [2.75, 3.05) is 7.11 Å². The third-order valence-corrected chi connectivity index (χ3v) is 5.64. The first kappa shape index (κ1) is 24.7. The van der Waals surface area contributed by atoms with Crippen molar-refractivity contribution in [3.05, 3.63) is 70.6 Å². The Morgan fingerprint density at radius 2 is 1.88 bits per heavy atom. The Bertz CT molecular complexity index is 1230. The maximum Gasteiger partial charge on any atom is 0.179 e. The van der Waals surface area contributed by atoms with Crippen LogP contribution in [0.2, 0.25) is 5.02 Å². The topological polar surface area (TPSA) is 65.7 Å². The Morgan fingerprint density at radius 3 is 2.52 bits per heavy atom. The SMILES string of the molecule is CCCCC(OC)c1cnn(C)c1.Cc1nc2nccc(-c3ccc(Cl)cc3F)c2nc1C. The number of rotatable bonds is 6. The molecule has 0 fully saturated rings. The first-order valence-corrected chi connectivity index (χ1v) is 11.3. The van der Waals surface area contributed by atoms with Gasteiger partial charge in [0.15, 0.2) is 5.65 Å². The molecule has 4 rings (SSSR count). The number of unbranched alkanes of at least 4 members (excludes halogenated alkanes) is 1. The van der Waals surface area contributed by atoms with Crippen LogP contribution >= 0.6 is 11.6 Å². The van der Waals surface area contributed by atoms with Gasteiger partial charge in [0.25, 0.3) is 0 Å². The van der Waals surface area contributed by atoms with Crippen LogP contribution in [0.3, 0.4) is 0 Å². The van der Waals surface area contributed by atoms with E-state index in [1.54, 1.807) is 31.5 Å². The summed E-state index contributed by atoms with van der Waals surface area (Å²) >= 11 is 5.79. The molecule has 4 aromatic rings. The van der Waals surface area contributed by atoms with Crippen molar-refractivity contribution in [1.29, 1.82) is 0 Å². The highest BCUT2D eigenvalue weighted by Crippen LogP contribution is 2.29. The van der Waals surface area contributed by atoms with E-state index in [9.17, 15) is 4.39 Å². The fourth-order valence-electron chi connectivity index (χ4n) is 3.47. The summed E-state index contributed by atoms with van der Waals surface area (Å²) in [4.78, 5) is 13.1. The summed E-state index contributed by atoms with van der Waals surface area (Å²) in [7, 11) is 3.68. The van der Waals surface area contributed by atoms with Gasteiger partial charge >= 0.3 is 0 Å². The van der Waals surface area contributed by atoms with Crippen LogP contribution in [0.15, 0.2) is 42.9 Å². The molecule has 0 aliphatic carbocycles. The monoisotopic (exact) mass is 469 g/mol. The number of halogens is 2. The molecule has 3 aromatic heterocycles. The van der Waals surface area contributed by atoms with Crippen LogP contribution in [0, 0.1) is 19.7 Å². The second-order valence-electron chi connectivity index (χ2n) is 7.86. The summed E-state index contributed by atoms with van der Waals surface area (Å²) in [5.74, 6) is -0.384. The predicted octanol–water partition coefficient (Wildman–Crippen LogP) is 6.40. The zero-order valence-corrected chi connectivity index (χ0v) is 20.4. The highest BCUT2D eigenvalue weighted by atomic mass is 35.5. The number of hydrogen-bond acceptors (Lipinski definition) is 5. The van der Waals surface area contributed by atoms with E-state index in [1.807, 2.05) is 38.0 Å². The smallest absolute Gasteiger partial charge is 0.179 e.